The molecule has 5 unspecified atom stereocenters. The molecule has 1 aromatic carbocycles. The zero-order valence-electron chi connectivity index (χ0n) is 18.6. The molecule has 1 aliphatic carbocycles. The van der Waals surface area contributed by atoms with Crippen molar-refractivity contribution in [2.24, 2.45) is 17.6 Å². The van der Waals surface area contributed by atoms with Crippen molar-refractivity contribution in [2.75, 3.05) is 26.0 Å². The number of thioether (sulfide) groups is 2. The Balaban J connectivity index is 1.27. The van der Waals surface area contributed by atoms with Crippen molar-refractivity contribution in [3.05, 3.63) is 29.3 Å². The molecule has 9 heteroatoms. The summed E-state index contributed by atoms with van der Waals surface area (Å²) >= 11 is 3.63. The minimum Gasteiger partial charge on any atom is -0.492 e. The van der Waals surface area contributed by atoms with E-state index in [0.29, 0.717) is 29.6 Å². The van der Waals surface area contributed by atoms with Crippen LogP contribution in [-0.4, -0.2) is 63.8 Å². The molecule has 5 rings (SSSR count). The van der Waals surface area contributed by atoms with Crippen LogP contribution in [0.3, 0.4) is 0 Å². The molecule has 0 radical (unpaired) electrons. The minimum absolute atomic E-state index is 0.000221. The molecular weight excluding hydrogens is 443 g/mol. The van der Waals surface area contributed by atoms with Crippen LogP contribution >= 0.6 is 23.5 Å². The van der Waals surface area contributed by atoms with Gasteiger partial charge in [-0.3, -0.25) is 4.79 Å². The molecular formula is C23H33BN2O4S2. The van der Waals surface area contributed by atoms with E-state index >= 15 is 0 Å². The molecule has 4 aliphatic rings. The zero-order chi connectivity index (χ0) is 22.5. The summed E-state index contributed by atoms with van der Waals surface area (Å²) in [4.78, 5) is 15.7. The number of nitrogens with two attached hydrogens (primary N) is 1. The smallest absolute Gasteiger partial charge is 0.454 e. The van der Waals surface area contributed by atoms with Crippen LogP contribution in [0.25, 0.3) is 0 Å². The molecule has 6 nitrogen and oxygen atoms in total. The van der Waals surface area contributed by atoms with Gasteiger partial charge in [0.05, 0.1) is 16.4 Å². The fourth-order valence-electron chi connectivity index (χ4n) is 6.33. The molecule has 3 fully saturated rings. The van der Waals surface area contributed by atoms with Gasteiger partial charge >= 0.3 is 7.12 Å². The maximum absolute atomic E-state index is 13.6. The topological polar surface area (TPSA) is 96.0 Å². The average molecular weight is 476 g/mol. The summed E-state index contributed by atoms with van der Waals surface area (Å²) in [6.45, 7) is 2.76. The van der Waals surface area contributed by atoms with Crippen LogP contribution in [-0.2, 0) is 16.8 Å². The SMILES string of the molecule is CSC1SC(C(=O)N2CCC3(CC2)COc2ccc(CN)cc23)C2CCC(B(O)O)CC12. The third-order valence-electron chi connectivity index (χ3n) is 8.30. The Hall–Kier alpha value is -0.865. The monoisotopic (exact) mass is 476 g/mol. The predicted octanol–water partition coefficient (Wildman–Crippen LogP) is 2.46. The van der Waals surface area contributed by atoms with Crippen LogP contribution in [0.5, 0.6) is 5.75 Å². The average Bonchev–Trinajstić information content (AvgIpc) is 3.37. The summed E-state index contributed by atoms with van der Waals surface area (Å²) < 4.78 is 6.38. The molecule has 5 atom stereocenters. The number of hydrogen-bond donors (Lipinski definition) is 3. The fraction of sp³-hybridized carbons (Fsp3) is 0.696. The second-order valence-corrected chi connectivity index (χ2v) is 12.5. The van der Waals surface area contributed by atoms with Crippen LogP contribution in [0.2, 0.25) is 5.82 Å². The van der Waals surface area contributed by atoms with E-state index in [1.54, 1.807) is 0 Å². The summed E-state index contributed by atoms with van der Waals surface area (Å²) in [6, 6.07) is 6.28. The van der Waals surface area contributed by atoms with Gasteiger partial charge in [-0.2, -0.15) is 11.8 Å². The Labute approximate surface area is 199 Å². The van der Waals surface area contributed by atoms with Crippen molar-refractivity contribution < 1.29 is 19.6 Å². The highest BCUT2D eigenvalue weighted by Crippen LogP contribution is 2.56. The number of carbonyl (C=O) groups is 1. The minimum atomic E-state index is -1.24. The quantitative estimate of drug-likeness (QED) is 0.575. The number of fused-ring (bicyclic) bond motifs is 3. The van der Waals surface area contributed by atoms with Crippen molar-refractivity contribution in [3.63, 3.8) is 0 Å². The van der Waals surface area contributed by atoms with Gasteiger partial charge in [-0.15, -0.1) is 11.8 Å². The van der Waals surface area contributed by atoms with E-state index in [2.05, 4.69) is 17.2 Å². The Kier molecular flexibility index (Phi) is 6.48. The summed E-state index contributed by atoms with van der Waals surface area (Å²) in [5.41, 5.74) is 8.27. The second-order valence-electron chi connectivity index (χ2n) is 9.90. The molecule has 0 aromatic heterocycles. The van der Waals surface area contributed by atoms with Gasteiger partial charge in [-0.1, -0.05) is 18.6 Å². The van der Waals surface area contributed by atoms with Gasteiger partial charge in [-0.25, -0.2) is 0 Å². The highest BCUT2D eigenvalue weighted by Gasteiger charge is 2.52. The number of amides is 1. The first-order chi connectivity index (χ1) is 15.5. The number of ether oxygens (including phenoxy) is 1. The fourth-order valence-corrected chi connectivity index (χ4v) is 9.40. The highest BCUT2D eigenvalue weighted by molar-refractivity contribution is 8.17. The summed E-state index contributed by atoms with van der Waals surface area (Å²) in [5, 5.41) is 19.4. The number of hydrogen-bond acceptors (Lipinski definition) is 7. The standard InChI is InChI=1S/C23H33BN2O4S2/c1-31-22-17-11-15(24(28)29)3-4-16(17)20(32-22)21(27)26-8-6-23(7-9-26)13-30-19-5-2-14(12-25)10-18(19)23/h2,5,10,15-17,20,22,28-29H,3-4,6-9,11-13,25H2,1H3. The molecule has 174 valence electrons. The maximum Gasteiger partial charge on any atom is 0.454 e. The van der Waals surface area contributed by atoms with E-state index in [0.717, 1.165) is 56.5 Å². The first kappa shape index (κ1) is 22.9. The van der Waals surface area contributed by atoms with Crippen molar-refractivity contribution in [2.45, 2.75) is 59.7 Å². The van der Waals surface area contributed by atoms with Crippen molar-refractivity contribution in [3.8, 4) is 5.75 Å². The number of piperidine rings is 1. The number of nitrogens with zero attached hydrogens (tertiary/aromatic N) is 1. The Bertz CT molecular complexity index is 864. The van der Waals surface area contributed by atoms with Gasteiger partial charge < -0.3 is 25.4 Å². The highest BCUT2D eigenvalue weighted by atomic mass is 32.2. The van der Waals surface area contributed by atoms with Crippen molar-refractivity contribution in [1.29, 1.82) is 0 Å². The number of rotatable bonds is 4. The van der Waals surface area contributed by atoms with Gasteiger partial charge in [0, 0.05) is 30.6 Å². The lowest BCUT2D eigenvalue weighted by Gasteiger charge is -2.40. The van der Waals surface area contributed by atoms with Gasteiger partial charge in [0.2, 0.25) is 5.91 Å². The lowest BCUT2D eigenvalue weighted by atomic mass is 9.60. The van der Waals surface area contributed by atoms with Crippen molar-refractivity contribution in [1.82, 2.24) is 4.90 Å². The van der Waals surface area contributed by atoms with Gasteiger partial charge in [0.15, 0.2) is 0 Å². The first-order valence-corrected chi connectivity index (χ1v) is 14.0. The van der Waals surface area contributed by atoms with Gasteiger partial charge in [-0.05, 0) is 61.2 Å². The molecule has 2 saturated heterocycles. The lowest BCUT2D eigenvalue weighted by molar-refractivity contribution is -0.133. The molecule has 3 aliphatic heterocycles. The zero-order valence-corrected chi connectivity index (χ0v) is 20.2. The number of carbonyl (C=O) groups excluding carboxylic acids is 1. The Morgan fingerprint density at radius 2 is 2.09 bits per heavy atom. The lowest BCUT2D eigenvalue weighted by Crippen LogP contribution is -2.49. The summed E-state index contributed by atoms with van der Waals surface area (Å²) in [7, 11) is -1.24. The molecule has 0 bridgehead atoms. The second kappa shape index (κ2) is 9.06. The summed E-state index contributed by atoms with van der Waals surface area (Å²) in [5.74, 6) is 1.93. The molecule has 32 heavy (non-hydrogen) atoms. The van der Waals surface area contributed by atoms with E-state index < -0.39 is 7.12 Å². The normalized spacial score (nSPS) is 33.0. The van der Waals surface area contributed by atoms with Crippen LogP contribution < -0.4 is 10.5 Å². The first-order valence-electron chi connectivity index (χ1n) is 11.8. The van der Waals surface area contributed by atoms with Crippen LogP contribution in [0.1, 0.15) is 43.2 Å². The maximum atomic E-state index is 13.6. The Morgan fingerprint density at radius 1 is 1.31 bits per heavy atom. The van der Waals surface area contributed by atoms with Gasteiger partial charge in [0.25, 0.3) is 0 Å². The molecule has 1 aromatic rings. The molecule has 1 spiro atoms. The number of benzene rings is 1. The number of likely N-dealkylation sites (tertiary alicyclic amines) is 1. The molecule has 4 N–H and O–H groups in total. The van der Waals surface area contributed by atoms with E-state index in [1.807, 2.05) is 35.7 Å². The van der Waals surface area contributed by atoms with Crippen LogP contribution in [0, 0.1) is 11.8 Å². The van der Waals surface area contributed by atoms with E-state index in [-0.39, 0.29) is 22.4 Å². The third-order valence-corrected chi connectivity index (χ3v) is 11.5. The largest absolute Gasteiger partial charge is 0.492 e. The predicted molar refractivity (Wildman–Crippen MR) is 131 cm³/mol. The Morgan fingerprint density at radius 3 is 2.78 bits per heavy atom. The van der Waals surface area contributed by atoms with Crippen LogP contribution in [0.15, 0.2) is 18.2 Å². The van der Waals surface area contributed by atoms with E-state index in [9.17, 15) is 14.8 Å². The molecule has 1 saturated carbocycles. The van der Waals surface area contributed by atoms with Crippen molar-refractivity contribution >= 4 is 36.5 Å². The van der Waals surface area contributed by atoms with E-state index in [1.165, 1.54) is 5.56 Å². The third kappa shape index (κ3) is 3.88. The summed E-state index contributed by atoms with van der Waals surface area (Å²) in [6.07, 6.45) is 6.48. The van der Waals surface area contributed by atoms with E-state index in [4.69, 9.17) is 10.5 Å². The van der Waals surface area contributed by atoms with Crippen LogP contribution in [0.4, 0.5) is 0 Å². The molecule has 3 heterocycles. The molecule has 1 amide bonds. The van der Waals surface area contributed by atoms with Gasteiger partial charge in [0.1, 0.15) is 5.75 Å².